The summed E-state index contributed by atoms with van der Waals surface area (Å²) in [5.41, 5.74) is 1.02. The van der Waals surface area contributed by atoms with Crippen LogP contribution in [0.2, 0.25) is 0 Å². The van der Waals surface area contributed by atoms with E-state index < -0.39 is 0 Å². The lowest BCUT2D eigenvalue weighted by molar-refractivity contribution is -0.121. The van der Waals surface area contributed by atoms with E-state index in [9.17, 15) is 4.79 Å². The van der Waals surface area contributed by atoms with Crippen molar-refractivity contribution in [3.63, 3.8) is 0 Å². The fourth-order valence-electron chi connectivity index (χ4n) is 2.70. The monoisotopic (exact) mass is 290 g/mol. The van der Waals surface area contributed by atoms with Crippen molar-refractivity contribution in [1.82, 2.24) is 5.32 Å². The molecule has 116 valence electrons. The lowest BCUT2D eigenvalue weighted by Gasteiger charge is -2.22. The molecule has 1 amide bonds. The van der Waals surface area contributed by atoms with Crippen LogP contribution in [0.15, 0.2) is 24.3 Å². The maximum atomic E-state index is 11.9. The third kappa shape index (κ3) is 5.66. The Balaban J connectivity index is 1.64. The quantitative estimate of drug-likeness (QED) is 0.810. The van der Waals surface area contributed by atoms with Gasteiger partial charge in [-0.15, -0.1) is 0 Å². The van der Waals surface area contributed by atoms with Crippen molar-refractivity contribution in [2.24, 2.45) is 0 Å². The third-order valence-electron chi connectivity index (χ3n) is 3.82. The summed E-state index contributed by atoms with van der Waals surface area (Å²) in [7, 11) is 0. The average Bonchev–Trinajstić information content (AvgIpc) is 2.50. The zero-order valence-electron chi connectivity index (χ0n) is 12.9. The normalized spacial score (nSPS) is 15.5. The molecule has 1 aliphatic carbocycles. The molecule has 0 aromatic heterocycles. The number of benzene rings is 1. The van der Waals surface area contributed by atoms with Crippen LogP contribution in [0.3, 0.4) is 0 Å². The van der Waals surface area contributed by atoms with Gasteiger partial charge in [-0.2, -0.15) is 0 Å². The molecule has 1 aliphatic rings. The van der Waals surface area contributed by atoms with E-state index in [1.54, 1.807) is 0 Å². The molecule has 2 rings (SSSR count). The number of hydrogen-bond donors (Lipinski definition) is 2. The highest BCUT2D eigenvalue weighted by molar-refractivity contribution is 5.76. The van der Waals surface area contributed by atoms with Crippen LogP contribution in [0.5, 0.6) is 5.75 Å². The minimum atomic E-state index is 0.153. The van der Waals surface area contributed by atoms with Gasteiger partial charge < -0.3 is 15.4 Å². The van der Waals surface area contributed by atoms with Crippen molar-refractivity contribution >= 4 is 11.6 Å². The van der Waals surface area contributed by atoms with Crippen LogP contribution in [0.1, 0.15) is 45.4 Å². The fourth-order valence-corrected chi connectivity index (χ4v) is 2.70. The zero-order valence-corrected chi connectivity index (χ0v) is 12.9. The van der Waals surface area contributed by atoms with E-state index in [1.165, 1.54) is 19.3 Å². The molecule has 0 spiro atoms. The van der Waals surface area contributed by atoms with Crippen LogP contribution >= 0.6 is 0 Å². The summed E-state index contributed by atoms with van der Waals surface area (Å²) in [6, 6.07) is 8.23. The number of carbonyl (C=O) groups is 1. The van der Waals surface area contributed by atoms with E-state index in [2.05, 4.69) is 10.6 Å². The van der Waals surface area contributed by atoms with E-state index in [-0.39, 0.29) is 5.91 Å². The lowest BCUT2D eigenvalue weighted by atomic mass is 9.95. The van der Waals surface area contributed by atoms with Crippen molar-refractivity contribution < 1.29 is 9.53 Å². The number of anilines is 1. The molecule has 1 aromatic rings. The van der Waals surface area contributed by atoms with Crippen molar-refractivity contribution in [3.05, 3.63) is 24.3 Å². The van der Waals surface area contributed by atoms with Gasteiger partial charge in [-0.25, -0.2) is 0 Å². The van der Waals surface area contributed by atoms with E-state index in [0.717, 1.165) is 24.3 Å². The van der Waals surface area contributed by atoms with Gasteiger partial charge in [-0.05, 0) is 44.0 Å². The molecule has 0 unspecified atom stereocenters. The Morgan fingerprint density at radius 2 is 1.90 bits per heavy atom. The van der Waals surface area contributed by atoms with Gasteiger partial charge >= 0.3 is 0 Å². The molecule has 4 nitrogen and oxygen atoms in total. The molecule has 1 aromatic carbocycles. The third-order valence-corrected chi connectivity index (χ3v) is 3.82. The second kappa shape index (κ2) is 8.55. The van der Waals surface area contributed by atoms with Gasteiger partial charge in [0.05, 0.1) is 6.61 Å². The number of ether oxygens (including phenoxy) is 1. The Labute approximate surface area is 127 Å². The van der Waals surface area contributed by atoms with E-state index in [0.29, 0.717) is 25.6 Å². The van der Waals surface area contributed by atoms with Gasteiger partial charge in [0.1, 0.15) is 5.75 Å². The highest BCUT2D eigenvalue weighted by Gasteiger charge is 2.15. The van der Waals surface area contributed by atoms with Crippen molar-refractivity contribution in [2.75, 3.05) is 18.5 Å². The summed E-state index contributed by atoms with van der Waals surface area (Å²) in [6.07, 6.45) is 6.59. The molecule has 0 radical (unpaired) electrons. The smallest absolute Gasteiger partial charge is 0.221 e. The minimum absolute atomic E-state index is 0.153. The zero-order chi connectivity index (χ0) is 14.9. The molecule has 0 aliphatic heterocycles. The fraction of sp³-hybridized carbons (Fsp3) is 0.588. The summed E-state index contributed by atoms with van der Waals surface area (Å²) in [6.45, 7) is 3.30. The Hall–Kier alpha value is -1.71. The standard InChI is InChI=1S/C17H26N2O2/c1-2-21-16-10-8-14(9-11-16)18-13-12-17(20)19-15-6-4-3-5-7-15/h8-11,15,18H,2-7,12-13H2,1H3,(H,19,20). The van der Waals surface area contributed by atoms with E-state index in [1.807, 2.05) is 31.2 Å². The Kier molecular flexibility index (Phi) is 6.38. The largest absolute Gasteiger partial charge is 0.494 e. The van der Waals surface area contributed by atoms with Gasteiger partial charge in [-0.1, -0.05) is 19.3 Å². The van der Waals surface area contributed by atoms with Crippen LogP contribution in [0.25, 0.3) is 0 Å². The highest BCUT2D eigenvalue weighted by Crippen LogP contribution is 2.17. The van der Waals surface area contributed by atoms with Gasteiger partial charge in [-0.3, -0.25) is 4.79 Å². The molecular weight excluding hydrogens is 264 g/mol. The predicted octanol–water partition coefficient (Wildman–Crippen LogP) is 3.34. The van der Waals surface area contributed by atoms with E-state index >= 15 is 0 Å². The lowest BCUT2D eigenvalue weighted by Crippen LogP contribution is -2.36. The van der Waals surface area contributed by atoms with Crippen LogP contribution in [0.4, 0.5) is 5.69 Å². The van der Waals surface area contributed by atoms with Crippen LogP contribution in [-0.2, 0) is 4.79 Å². The maximum Gasteiger partial charge on any atom is 0.221 e. The molecule has 0 bridgehead atoms. The summed E-state index contributed by atoms with van der Waals surface area (Å²) in [4.78, 5) is 11.9. The second-order valence-corrected chi connectivity index (χ2v) is 5.54. The van der Waals surface area contributed by atoms with Crippen LogP contribution in [-0.4, -0.2) is 25.1 Å². The molecule has 1 saturated carbocycles. The number of amides is 1. The first kappa shape index (κ1) is 15.7. The Morgan fingerprint density at radius 3 is 2.57 bits per heavy atom. The molecule has 1 fully saturated rings. The number of nitrogens with one attached hydrogen (secondary N) is 2. The summed E-state index contributed by atoms with van der Waals surface area (Å²) in [5.74, 6) is 1.03. The number of hydrogen-bond acceptors (Lipinski definition) is 3. The van der Waals surface area contributed by atoms with Crippen molar-refractivity contribution in [1.29, 1.82) is 0 Å². The van der Waals surface area contributed by atoms with Gasteiger partial charge in [0, 0.05) is 24.7 Å². The summed E-state index contributed by atoms with van der Waals surface area (Å²) >= 11 is 0. The van der Waals surface area contributed by atoms with Crippen molar-refractivity contribution in [2.45, 2.75) is 51.5 Å². The number of rotatable bonds is 7. The first-order valence-corrected chi connectivity index (χ1v) is 8.04. The average molecular weight is 290 g/mol. The molecule has 0 atom stereocenters. The predicted molar refractivity (Wildman–Crippen MR) is 85.7 cm³/mol. The van der Waals surface area contributed by atoms with Gasteiger partial charge in [0.25, 0.3) is 0 Å². The molecule has 2 N–H and O–H groups in total. The second-order valence-electron chi connectivity index (χ2n) is 5.54. The molecule has 21 heavy (non-hydrogen) atoms. The minimum Gasteiger partial charge on any atom is -0.494 e. The molecule has 0 saturated heterocycles. The van der Waals surface area contributed by atoms with Gasteiger partial charge in [0.2, 0.25) is 5.91 Å². The maximum absolute atomic E-state index is 11.9. The van der Waals surface area contributed by atoms with Crippen LogP contribution in [0, 0.1) is 0 Å². The first-order valence-electron chi connectivity index (χ1n) is 8.04. The van der Waals surface area contributed by atoms with E-state index in [4.69, 9.17) is 4.74 Å². The summed E-state index contributed by atoms with van der Waals surface area (Å²) in [5, 5.41) is 6.40. The van der Waals surface area contributed by atoms with Crippen molar-refractivity contribution in [3.8, 4) is 5.75 Å². The molecular formula is C17H26N2O2. The van der Waals surface area contributed by atoms with Gasteiger partial charge in [0.15, 0.2) is 0 Å². The Morgan fingerprint density at radius 1 is 1.19 bits per heavy atom. The molecule has 4 heteroatoms. The SMILES string of the molecule is CCOc1ccc(NCCC(=O)NC2CCCCC2)cc1. The van der Waals surface area contributed by atoms with Crippen LogP contribution < -0.4 is 15.4 Å². The topological polar surface area (TPSA) is 50.4 Å². The highest BCUT2D eigenvalue weighted by atomic mass is 16.5. The number of carbonyl (C=O) groups excluding carboxylic acids is 1. The Bertz CT molecular complexity index is 425. The first-order chi connectivity index (χ1) is 10.3. The molecule has 0 heterocycles. The summed E-state index contributed by atoms with van der Waals surface area (Å²) < 4.78 is 5.40.